The standard InChI is InChI=1S/C21H29N5O2/c1-23-20(25-15-22)26-17-9-11-21(12-10-17,16-6-3-2-4-7-16)14-24-19(27)18-8-5-13-28-18/h2-4,6-7,17-18H,5,8-14H2,1H3,(H,24,27)(H2,23,25,26). The van der Waals surface area contributed by atoms with Gasteiger partial charge in [0, 0.05) is 31.7 Å². The summed E-state index contributed by atoms with van der Waals surface area (Å²) in [7, 11) is 1.66. The highest BCUT2D eigenvalue weighted by Crippen LogP contribution is 2.39. The van der Waals surface area contributed by atoms with Crippen molar-refractivity contribution in [3.63, 3.8) is 0 Å². The lowest BCUT2D eigenvalue weighted by Gasteiger charge is -2.41. The summed E-state index contributed by atoms with van der Waals surface area (Å²) in [4.78, 5) is 16.6. The van der Waals surface area contributed by atoms with Crippen LogP contribution in [0, 0.1) is 11.5 Å². The van der Waals surface area contributed by atoms with E-state index in [1.807, 2.05) is 12.3 Å². The average Bonchev–Trinajstić information content (AvgIpc) is 3.28. The van der Waals surface area contributed by atoms with Gasteiger partial charge < -0.3 is 15.4 Å². The van der Waals surface area contributed by atoms with Gasteiger partial charge in [0.2, 0.25) is 11.9 Å². The first kappa shape index (κ1) is 20.2. The molecule has 1 saturated carbocycles. The minimum Gasteiger partial charge on any atom is -0.368 e. The Morgan fingerprint density at radius 2 is 2.04 bits per heavy atom. The second-order valence-electron chi connectivity index (χ2n) is 7.59. The lowest BCUT2D eigenvalue weighted by atomic mass is 9.68. The van der Waals surface area contributed by atoms with Gasteiger partial charge in [0.25, 0.3) is 0 Å². The molecule has 1 atom stereocenters. The molecule has 0 radical (unpaired) electrons. The van der Waals surface area contributed by atoms with E-state index in [0.29, 0.717) is 19.1 Å². The zero-order chi connectivity index (χ0) is 19.8. The highest BCUT2D eigenvalue weighted by Gasteiger charge is 2.38. The normalized spacial score (nSPS) is 27.6. The number of hydrogen-bond donors (Lipinski definition) is 3. The molecule has 3 rings (SSSR count). The molecule has 2 aliphatic rings. The molecule has 1 amide bonds. The molecular weight excluding hydrogens is 354 g/mol. The maximum atomic E-state index is 12.5. The molecule has 1 aromatic carbocycles. The number of ether oxygens (including phenoxy) is 1. The van der Waals surface area contributed by atoms with E-state index < -0.39 is 0 Å². The molecule has 0 bridgehead atoms. The average molecular weight is 383 g/mol. The van der Waals surface area contributed by atoms with Gasteiger partial charge in [0.15, 0.2) is 6.19 Å². The van der Waals surface area contributed by atoms with Crippen molar-refractivity contribution in [2.45, 2.75) is 56.1 Å². The van der Waals surface area contributed by atoms with Crippen LogP contribution < -0.4 is 16.0 Å². The molecule has 1 aromatic rings. The zero-order valence-electron chi connectivity index (χ0n) is 16.4. The number of rotatable bonds is 5. The number of benzene rings is 1. The molecule has 7 heteroatoms. The summed E-state index contributed by atoms with van der Waals surface area (Å²) in [5.41, 5.74) is 1.18. The number of nitrogens with one attached hydrogen (secondary N) is 3. The first-order valence-electron chi connectivity index (χ1n) is 10.00. The molecule has 3 N–H and O–H groups in total. The first-order chi connectivity index (χ1) is 13.7. The van der Waals surface area contributed by atoms with E-state index in [1.165, 1.54) is 5.56 Å². The van der Waals surface area contributed by atoms with Gasteiger partial charge in [0.1, 0.15) is 6.10 Å². The molecule has 0 aromatic heterocycles. The number of carbonyl (C=O) groups excluding carboxylic acids is 1. The largest absolute Gasteiger partial charge is 0.368 e. The third-order valence-corrected chi connectivity index (χ3v) is 5.89. The molecular formula is C21H29N5O2. The van der Waals surface area contributed by atoms with Crippen molar-refractivity contribution in [3.8, 4) is 6.19 Å². The smallest absolute Gasteiger partial charge is 0.249 e. The summed E-state index contributed by atoms with van der Waals surface area (Å²) in [6.45, 7) is 1.29. The van der Waals surface area contributed by atoms with Gasteiger partial charge in [-0.3, -0.25) is 15.1 Å². The lowest BCUT2D eigenvalue weighted by Crippen LogP contribution is -2.50. The highest BCUT2D eigenvalue weighted by molar-refractivity contribution is 5.81. The molecule has 0 spiro atoms. The van der Waals surface area contributed by atoms with Crippen LogP contribution in [0.25, 0.3) is 0 Å². The number of guanidine groups is 1. The molecule has 28 heavy (non-hydrogen) atoms. The monoisotopic (exact) mass is 383 g/mol. The Labute approximate surface area is 166 Å². The fourth-order valence-electron chi connectivity index (χ4n) is 4.23. The van der Waals surface area contributed by atoms with Gasteiger partial charge in [-0.25, -0.2) is 0 Å². The van der Waals surface area contributed by atoms with Gasteiger partial charge in [-0.15, -0.1) is 0 Å². The summed E-state index contributed by atoms with van der Waals surface area (Å²) in [5, 5.41) is 17.9. The third kappa shape index (κ3) is 4.82. The predicted octanol–water partition coefficient (Wildman–Crippen LogP) is 1.81. The zero-order valence-corrected chi connectivity index (χ0v) is 16.4. The van der Waals surface area contributed by atoms with E-state index in [4.69, 9.17) is 10.00 Å². The Morgan fingerprint density at radius 1 is 1.29 bits per heavy atom. The van der Waals surface area contributed by atoms with Crippen LogP contribution in [0.15, 0.2) is 35.3 Å². The molecule has 1 aliphatic heterocycles. The fourth-order valence-corrected chi connectivity index (χ4v) is 4.23. The van der Waals surface area contributed by atoms with Crippen molar-refractivity contribution in [2.75, 3.05) is 20.2 Å². The summed E-state index contributed by atoms with van der Waals surface area (Å²) in [5.74, 6) is 0.512. The quantitative estimate of drug-likeness (QED) is 0.312. The van der Waals surface area contributed by atoms with E-state index in [1.54, 1.807) is 7.05 Å². The van der Waals surface area contributed by atoms with E-state index in [9.17, 15) is 4.79 Å². The minimum atomic E-state index is -0.300. The van der Waals surface area contributed by atoms with Crippen molar-refractivity contribution in [2.24, 2.45) is 4.99 Å². The molecule has 2 fully saturated rings. The number of carbonyl (C=O) groups is 1. The molecule has 1 unspecified atom stereocenters. The highest BCUT2D eigenvalue weighted by atomic mass is 16.5. The Kier molecular flexibility index (Phi) is 6.88. The number of amides is 1. The van der Waals surface area contributed by atoms with Crippen molar-refractivity contribution in [1.29, 1.82) is 5.26 Å². The SMILES string of the molecule is CN=C(NC#N)NC1CCC(CNC(=O)C2CCCO2)(c2ccccc2)CC1. The fraction of sp³-hybridized carbons (Fsp3) is 0.571. The molecule has 150 valence electrons. The van der Waals surface area contributed by atoms with Crippen LogP contribution in [-0.4, -0.2) is 44.2 Å². The Hall–Kier alpha value is -2.59. The summed E-state index contributed by atoms with van der Waals surface area (Å²) in [6.07, 6.45) is 7.15. The summed E-state index contributed by atoms with van der Waals surface area (Å²) < 4.78 is 5.52. The second kappa shape index (κ2) is 9.56. The maximum absolute atomic E-state index is 12.5. The summed E-state index contributed by atoms with van der Waals surface area (Å²) >= 11 is 0. The molecule has 1 aliphatic carbocycles. The van der Waals surface area contributed by atoms with Gasteiger partial charge >= 0.3 is 0 Å². The van der Waals surface area contributed by atoms with Gasteiger partial charge in [0.05, 0.1) is 0 Å². The van der Waals surface area contributed by atoms with Crippen LogP contribution in [0.1, 0.15) is 44.1 Å². The number of nitriles is 1. The van der Waals surface area contributed by atoms with Crippen molar-refractivity contribution in [1.82, 2.24) is 16.0 Å². The van der Waals surface area contributed by atoms with Crippen LogP contribution in [0.5, 0.6) is 0 Å². The van der Waals surface area contributed by atoms with Gasteiger partial charge in [-0.1, -0.05) is 30.3 Å². The molecule has 7 nitrogen and oxygen atoms in total. The van der Waals surface area contributed by atoms with E-state index in [0.717, 1.165) is 38.5 Å². The third-order valence-electron chi connectivity index (χ3n) is 5.89. The van der Waals surface area contributed by atoms with E-state index in [2.05, 4.69) is 45.2 Å². The van der Waals surface area contributed by atoms with Crippen molar-refractivity contribution >= 4 is 11.9 Å². The molecule has 1 saturated heterocycles. The van der Waals surface area contributed by atoms with E-state index >= 15 is 0 Å². The minimum absolute atomic E-state index is 0.00618. The number of aliphatic imine (C=N–C) groups is 1. The maximum Gasteiger partial charge on any atom is 0.249 e. The van der Waals surface area contributed by atoms with Gasteiger partial charge in [-0.05, 0) is 44.1 Å². The van der Waals surface area contributed by atoms with Crippen molar-refractivity contribution in [3.05, 3.63) is 35.9 Å². The van der Waals surface area contributed by atoms with Crippen LogP contribution in [0.2, 0.25) is 0 Å². The van der Waals surface area contributed by atoms with Crippen LogP contribution in [-0.2, 0) is 14.9 Å². The Bertz CT molecular complexity index is 714. The Morgan fingerprint density at radius 3 is 2.64 bits per heavy atom. The van der Waals surface area contributed by atoms with E-state index in [-0.39, 0.29) is 23.5 Å². The van der Waals surface area contributed by atoms with Crippen LogP contribution in [0.3, 0.4) is 0 Å². The molecule has 1 heterocycles. The van der Waals surface area contributed by atoms with Gasteiger partial charge in [-0.2, -0.15) is 5.26 Å². The predicted molar refractivity (Wildman–Crippen MR) is 108 cm³/mol. The Balaban J connectivity index is 1.66. The lowest BCUT2D eigenvalue weighted by molar-refractivity contribution is -0.130. The van der Waals surface area contributed by atoms with Crippen LogP contribution >= 0.6 is 0 Å². The number of hydrogen-bond acceptors (Lipinski definition) is 4. The van der Waals surface area contributed by atoms with Crippen LogP contribution in [0.4, 0.5) is 0 Å². The first-order valence-corrected chi connectivity index (χ1v) is 10.00. The topological polar surface area (TPSA) is 98.5 Å². The second-order valence-corrected chi connectivity index (χ2v) is 7.59. The number of nitrogens with zero attached hydrogens (tertiary/aromatic N) is 2. The van der Waals surface area contributed by atoms with Crippen molar-refractivity contribution < 1.29 is 9.53 Å². The summed E-state index contributed by atoms with van der Waals surface area (Å²) in [6, 6.07) is 10.7.